The Kier molecular flexibility index (Phi) is 2.86. The number of rotatable bonds is 2. The second kappa shape index (κ2) is 3.74. The first-order chi connectivity index (χ1) is 4.43. The molecule has 46 valence electrons. The molecule has 0 atom stereocenters. The van der Waals surface area contributed by atoms with E-state index in [1.807, 2.05) is 6.07 Å². The van der Waals surface area contributed by atoms with E-state index < -0.39 is 0 Å². The minimum atomic E-state index is 1.12. The van der Waals surface area contributed by atoms with Gasteiger partial charge in [-0.2, -0.15) is 0 Å². The molecule has 1 aromatic rings. The summed E-state index contributed by atoms with van der Waals surface area (Å²) in [7, 11) is 0. The van der Waals surface area contributed by atoms with Crippen LogP contribution in [0, 0.1) is 0 Å². The summed E-state index contributed by atoms with van der Waals surface area (Å²) in [4.78, 5) is 0. The summed E-state index contributed by atoms with van der Waals surface area (Å²) in [6.07, 6.45) is 1.12. The van der Waals surface area contributed by atoms with Gasteiger partial charge in [-0.05, 0) is 0 Å². The van der Waals surface area contributed by atoms with Crippen molar-refractivity contribution in [1.82, 2.24) is 0 Å². The van der Waals surface area contributed by atoms with Gasteiger partial charge in [0.05, 0.1) is 0 Å². The summed E-state index contributed by atoms with van der Waals surface area (Å²) in [6.45, 7) is 0. The van der Waals surface area contributed by atoms with Crippen molar-refractivity contribution in [2.75, 3.05) is 0 Å². The first kappa shape index (κ1) is 6.89. The van der Waals surface area contributed by atoms with Crippen molar-refractivity contribution in [3.63, 3.8) is 0 Å². The summed E-state index contributed by atoms with van der Waals surface area (Å²) in [6, 6.07) is 10.5. The van der Waals surface area contributed by atoms with Gasteiger partial charge in [0.15, 0.2) is 0 Å². The summed E-state index contributed by atoms with van der Waals surface area (Å²) in [5.41, 5.74) is 1.41. The van der Waals surface area contributed by atoms with Gasteiger partial charge in [-0.3, -0.25) is 0 Å². The number of hydrogen-bond acceptors (Lipinski definition) is 0. The standard InChI is InChI=1S/C8H8.W/c1-2-8-6-4-3-5-7-8;/h1,3-7H,2H2;. The van der Waals surface area contributed by atoms with Gasteiger partial charge in [-0.25, -0.2) is 0 Å². The molecule has 0 aliphatic carbocycles. The minimum absolute atomic E-state index is 1.12. The van der Waals surface area contributed by atoms with E-state index in [1.165, 1.54) is 5.56 Å². The third-order valence-corrected chi connectivity index (χ3v) is 1.76. The van der Waals surface area contributed by atoms with Crippen molar-refractivity contribution in [2.24, 2.45) is 0 Å². The molecule has 0 saturated carbocycles. The Bertz CT molecular complexity index is 179. The molecule has 0 spiro atoms. The fourth-order valence-corrected chi connectivity index (χ4v) is 1.40. The molecule has 0 saturated heterocycles. The zero-order valence-corrected chi connectivity index (χ0v) is 8.01. The van der Waals surface area contributed by atoms with Crippen LogP contribution in [0.1, 0.15) is 5.56 Å². The van der Waals surface area contributed by atoms with Crippen LogP contribution in [0.3, 0.4) is 0 Å². The van der Waals surface area contributed by atoms with Gasteiger partial charge in [0.2, 0.25) is 0 Å². The van der Waals surface area contributed by atoms with E-state index in [4.69, 9.17) is 0 Å². The van der Waals surface area contributed by atoms with Gasteiger partial charge in [-0.15, -0.1) is 0 Å². The molecule has 9 heavy (non-hydrogen) atoms. The van der Waals surface area contributed by atoms with E-state index in [-0.39, 0.29) is 0 Å². The van der Waals surface area contributed by atoms with Crippen LogP contribution < -0.4 is 0 Å². The molecule has 0 radical (unpaired) electrons. The molecule has 0 N–H and O–H groups in total. The molecule has 1 rings (SSSR count). The fourth-order valence-electron chi connectivity index (χ4n) is 0.710. The molecular formula is C8H8W. The van der Waals surface area contributed by atoms with Crippen LogP contribution in [0.15, 0.2) is 30.3 Å². The fraction of sp³-hybridized carbons (Fsp3) is 0.125. The van der Waals surface area contributed by atoms with Crippen LogP contribution >= 0.6 is 0 Å². The quantitative estimate of drug-likeness (QED) is 0.775. The molecule has 0 heterocycles. The van der Waals surface area contributed by atoms with Gasteiger partial charge >= 0.3 is 66.1 Å². The Morgan fingerprint density at radius 1 is 1.22 bits per heavy atom. The maximum absolute atomic E-state index is 2.25. The Labute approximate surface area is 66.3 Å². The molecule has 1 aromatic carbocycles. The zero-order chi connectivity index (χ0) is 6.53. The molecule has 0 aromatic heterocycles. The van der Waals surface area contributed by atoms with Gasteiger partial charge < -0.3 is 0 Å². The first-order valence-corrected chi connectivity index (χ1v) is 4.60. The van der Waals surface area contributed by atoms with Crippen LogP contribution in [-0.2, 0) is 25.8 Å². The topological polar surface area (TPSA) is 0 Å². The average molecular weight is 288 g/mol. The van der Waals surface area contributed by atoms with Crippen LogP contribution in [0.25, 0.3) is 0 Å². The number of benzene rings is 1. The molecule has 0 nitrogen and oxygen atoms in total. The maximum atomic E-state index is 2.25. The van der Waals surface area contributed by atoms with Crippen LogP contribution in [0.4, 0.5) is 0 Å². The van der Waals surface area contributed by atoms with Gasteiger partial charge in [0.1, 0.15) is 0 Å². The van der Waals surface area contributed by atoms with Crippen LogP contribution in [0.5, 0.6) is 0 Å². The molecule has 0 aliphatic rings. The van der Waals surface area contributed by atoms with E-state index in [9.17, 15) is 0 Å². The van der Waals surface area contributed by atoms with E-state index in [1.54, 1.807) is 19.4 Å². The summed E-state index contributed by atoms with van der Waals surface area (Å²) >= 11 is 1.55. The monoisotopic (exact) mass is 288 g/mol. The van der Waals surface area contributed by atoms with E-state index in [2.05, 4.69) is 28.7 Å². The average Bonchev–Trinajstić information content (AvgIpc) is 1.91. The van der Waals surface area contributed by atoms with E-state index in [0.29, 0.717) is 0 Å². The molecule has 0 unspecified atom stereocenters. The van der Waals surface area contributed by atoms with Crippen LogP contribution in [-0.4, -0.2) is 4.40 Å². The third kappa shape index (κ3) is 2.24. The van der Waals surface area contributed by atoms with Crippen molar-refractivity contribution >= 4 is 4.40 Å². The molecule has 0 bridgehead atoms. The summed E-state index contributed by atoms with van der Waals surface area (Å²) < 4.78 is 2.25. The van der Waals surface area contributed by atoms with Crippen LogP contribution in [0.2, 0.25) is 0 Å². The second-order valence-electron chi connectivity index (χ2n) is 1.86. The molecular weight excluding hydrogens is 280 g/mol. The van der Waals surface area contributed by atoms with E-state index in [0.717, 1.165) is 6.42 Å². The predicted molar refractivity (Wildman–Crippen MR) is 36.2 cm³/mol. The third-order valence-electron chi connectivity index (χ3n) is 1.16. The molecule has 0 fully saturated rings. The Morgan fingerprint density at radius 3 is 2.44 bits per heavy atom. The summed E-state index contributed by atoms with van der Waals surface area (Å²) in [5, 5.41) is 0. The van der Waals surface area contributed by atoms with Crippen molar-refractivity contribution in [3.8, 4) is 0 Å². The van der Waals surface area contributed by atoms with Gasteiger partial charge in [-0.1, -0.05) is 0 Å². The van der Waals surface area contributed by atoms with Crippen molar-refractivity contribution in [1.29, 1.82) is 0 Å². The van der Waals surface area contributed by atoms with E-state index >= 15 is 0 Å². The van der Waals surface area contributed by atoms with Crippen molar-refractivity contribution in [2.45, 2.75) is 6.42 Å². The molecule has 1 heteroatoms. The molecule has 0 amide bonds. The predicted octanol–water partition coefficient (Wildman–Crippen LogP) is 1.58. The van der Waals surface area contributed by atoms with Crippen molar-refractivity contribution in [3.05, 3.63) is 35.9 Å². The summed E-state index contributed by atoms with van der Waals surface area (Å²) in [5.74, 6) is 0. The van der Waals surface area contributed by atoms with Crippen molar-refractivity contribution < 1.29 is 19.4 Å². The SMILES string of the molecule is [W]=[CH]Cc1ccccc1. The zero-order valence-electron chi connectivity index (χ0n) is 5.08. The Morgan fingerprint density at radius 2 is 1.89 bits per heavy atom. The first-order valence-electron chi connectivity index (χ1n) is 2.91. The number of hydrogen-bond donors (Lipinski definition) is 0. The Balaban J connectivity index is 2.72. The Hall–Kier alpha value is -0.222. The van der Waals surface area contributed by atoms with Gasteiger partial charge in [0.25, 0.3) is 0 Å². The molecule has 0 aliphatic heterocycles. The van der Waals surface area contributed by atoms with Gasteiger partial charge in [0, 0.05) is 0 Å². The second-order valence-corrected chi connectivity index (χ2v) is 3.05. The normalized spacial score (nSPS) is 8.89.